The van der Waals surface area contributed by atoms with Crippen LogP contribution in [0.1, 0.15) is 120 Å². The summed E-state index contributed by atoms with van der Waals surface area (Å²) in [4.78, 5) is 0. The van der Waals surface area contributed by atoms with Crippen molar-refractivity contribution < 1.29 is 0 Å². The molecule has 0 saturated carbocycles. The molecule has 0 rings (SSSR count). The van der Waals surface area contributed by atoms with E-state index in [0.717, 1.165) is 13.1 Å². The lowest BCUT2D eigenvalue weighted by Gasteiger charge is -2.24. The normalized spacial score (nSPS) is 9.75. The van der Waals surface area contributed by atoms with E-state index in [1.807, 2.05) is 27.7 Å². The monoisotopic (exact) mass is 346 g/mol. The molecule has 0 bridgehead atoms. The summed E-state index contributed by atoms with van der Waals surface area (Å²) in [6, 6.07) is 0. The van der Waals surface area contributed by atoms with Crippen LogP contribution in [0.15, 0.2) is 0 Å². The van der Waals surface area contributed by atoms with E-state index in [1.165, 1.54) is 64.3 Å². The summed E-state index contributed by atoms with van der Waals surface area (Å²) >= 11 is 0. The molecule has 0 spiro atoms. The fraction of sp³-hybridized carbons (Fsp3) is 1.00. The fourth-order valence-electron chi connectivity index (χ4n) is 2.29. The molecule has 0 aromatic heterocycles. The first-order valence-corrected chi connectivity index (χ1v) is 10.9. The summed E-state index contributed by atoms with van der Waals surface area (Å²) in [6.45, 7) is 22.4. The van der Waals surface area contributed by atoms with Crippen molar-refractivity contribution in [3.05, 3.63) is 0 Å². The Kier molecular flexibility index (Phi) is 40.6. The van der Waals surface area contributed by atoms with Gasteiger partial charge in [0.2, 0.25) is 0 Å². The van der Waals surface area contributed by atoms with Gasteiger partial charge < -0.3 is 11.1 Å². The predicted octanol–water partition coefficient (Wildman–Crippen LogP) is 7.17. The van der Waals surface area contributed by atoms with E-state index >= 15 is 0 Å². The lowest BCUT2D eigenvalue weighted by Crippen LogP contribution is -2.29. The fourth-order valence-corrected chi connectivity index (χ4v) is 2.29. The molecule has 152 valence electrons. The van der Waals surface area contributed by atoms with Crippen molar-refractivity contribution in [3.63, 3.8) is 0 Å². The van der Waals surface area contributed by atoms with Gasteiger partial charge in [-0.1, -0.05) is 101 Å². The Labute approximate surface area is 156 Å². The Hall–Kier alpha value is -0.0800. The molecule has 0 aliphatic rings. The molecular weight excluding hydrogens is 292 g/mol. The van der Waals surface area contributed by atoms with Crippen LogP contribution in [0.4, 0.5) is 0 Å². The highest BCUT2D eigenvalue weighted by molar-refractivity contribution is 4.70. The highest BCUT2D eigenvalue weighted by Gasteiger charge is 2.15. The quantitative estimate of drug-likeness (QED) is 0.367. The van der Waals surface area contributed by atoms with E-state index in [4.69, 9.17) is 5.73 Å². The Morgan fingerprint density at radius 3 is 1.58 bits per heavy atom. The average molecular weight is 347 g/mol. The summed E-state index contributed by atoms with van der Waals surface area (Å²) in [5, 5.41) is 3.59. The molecule has 0 aromatic rings. The first kappa shape index (κ1) is 31.7. The van der Waals surface area contributed by atoms with E-state index in [9.17, 15) is 0 Å². The summed E-state index contributed by atoms with van der Waals surface area (Å²) in [6.07, 6.45) is 11.8. The van der Waals surface area contributed by atoms with Gasteiger partial charge in [-0.05, 0) is 37.8 Å². The maximum Gasteiger partial charge on any atom is 0.000251 e. The third kappa shape index (κ3) is 37.9. The zero-order chi connectivity index (χ0) is 19.7. The molecule has 24 heavy (non-hydrogen) atoms. The Morgan fingerprint density at radius 1 is 0.750 bits per heavy atom. The molecule has 0 unspecified atom stereocenters. The van der Waals surface area contributed by atoms with Crippen LogP contribution < -0.4 is 11.1 Å². The number of nitrogens with two attached hydrogens (primary N) is 1. The first-order valence-electron chi connectivity index (χ1n) is 10.9. The van der Waals surface area contributed by atoms with E-state index in [1.54, 1.807) is 0 Å². The number of hydrogen-bond acceptors (Lipinski definition) is 2. The molecule has 0 radical (unpaired) electrons. The molecule has 0 amide bonds. The molecule has 0 saturated heterocycles. The second kappa shape index (κ2) is 30.8. The third-order valence-corrected chi connectivity index (χ3v) is 3.34. The molecular formula is C22H54N2. The highest BCUT2D eigenvalue weighted by atomic mass is 14.9. The number of rotatable bonds is 12. The van der Waals surface area contributed by atoms with Crippen molar-refractivity contribution in [1.29, 1.82) is 0 Å². The van der Waals surface area contributed by atoms with Gasteiger partial charge in [-0.3, -0.25) is 0 Å². The standard InChI is InChI=1S/C15H34N2.C3H8.2C2H6/c1-4-11-15(2,3)14-17-13-10-8-6-5-7-9-12-16;1-3-2;2*1-2/h17H,4-14,16H2,1-3H3;3H2,1-2H3;2*1-2H3. The molecule has 2 heteroatoms. The smallest absolute Gasteiger partial charge is 0.000251 e. The molecule has 0 atom stereocenters. The van der Waals surface area contributed by atoms with Gasteiger partial charge in [0.05, 0.1) is 0 Å². The summed E-state index contributed by atoms with van der Waals surface area (Å²) in [5.74, 6) is 0. The second-order valence-electron chi connectivity index (χ2n) is 6.71. The number of nitrogens with one attached hydrogen (secondary N) is 1. The van der Waals surface area contributed by atoms with Crippen LogP contribution in [0, 0.1) is 5.41 Å². The second-order valence-corrected chi connectivity index (χ2v) is 6.71. The predicted molar refractivity (Wildman–Crippen MR) is 117 cm³/mol. The summed E-state index contributed by atoms with van der Waals surface area (Å²) in [7, 11) is 0. The van der Waals surface area contributed by atoms with Gasteiger partial charge in [-0.15, -0.1) is 0 Å². The number of unbranched alkanes of at least 4 members (excludes halogenated alkanes) is 5. The Morgan fingerprint density at radius 2 is 1.17 bits per heavy atom. The van der Waals surface area contributed by atoms with Gasteiger partial charge in [-0.2, -0.15) is 0 Å². The van der Waals surface area contributed by atoms with Crippen LogP contribution in [0.2, 0.25) is 0 Å². The molecule has 0 aromatic carbocycles. The van der Waals surface area contributed by atoms with Gasteiger partial charge in [0, 0.05) is 6.54 Å². The maximum absolute atomic E-state index is 5.46. The van der Waals surface area contributed by atoms with Crippen LogP contribution in [0.3, 0.4) is 0 Å². The van der Waals surface area contributed by atoms with Gasteiger partial charge in [0.1, 0.15) is 0 Å². The molecule has 2 nitrogen and oxygen atoms in total. The molecule has 0 heterocycles. The minimum Gasteiger partial charge on any atom is -0.330 e. The van der Waals surface area contributed by atoms with Crippen LogP contribution in [0.25, 0.3) is 0 Å². The Balaban J connectivity index is -0.000000247. The lowest BCUT2D eigenvalue weighted by molar-refractivity contribution is 0.310. The summed E-state index contributed by atoms with van der Waals surface area (Å²) < 4.78 is 0. The highest BCUT2D eigenvalue weighted by Crippen LogP contribution is 2.20. The van der Waals surface area contributed by atoms with Crippen molar-refractivity contribution in [2.24, 2.45) is 11.1 Å². The number of hydrogen-bond donors (Lipinski definition) is 2. The van der Waals surface area contributed by atoms with Crippen molar-refractivity contribution in [1.82, 2.24) is 5.32 Å². The van der Waals surface area contributed by atoms with Crippen LogP contribution in [0.5, 0.6) is 0 Å². The van der Waals surface area contributed by atoms with E-state index < -0.39 is 0 Å². The van der Waals surface area contributed by atoms with Crippen molar-refractivity contribution >= 4 is 0 Å². The molecule has 0 aliphatic heterocycles. The maximum atomic E-state index is 5.46. The average Bonchev–Trinajstić information content (AvgIpc) is 2.58. The minimum atomic E-state index is 0.468. The molecule has 0 aliphatic carbocycles. The largest absolute Gasteiger partial charge is 0.330 e. The van der Waals surface area contributed by atoms with Crippen LogP contribution in [-0.2, 0) is 0 Å². The molecule has 0 fully saturated rings. The van der Waals surface area contributed by atoms with Crippen molar-refractivity contribution in [3.8, 4) is 0 Å². The minimum absolute atomic E-state index is 0.468. The zero-order valence-corrected chi connectivity index (χ0v) is 19.1. The van der Waals surface area contributed by atoms with Crippen LogP contribution in [-0.4, -0.2) is 19.6 Å². The van der Waals surface area contributed by atoms with E-state index in [0.29, 0.717) is 5.41 Å². The van der Waals surface area contributed by atoms with Gasteiger partial charge in [0.25, 0.3) is 0 Å². The van der Waals surface area contributed by atoms with Crippen molar-refractivity contribution in [2.45, 2.75) is 120 Å². The van der Waals surface area contributed by atoms with Crippen molar-refractivity contribution in [2.75, 3.05) is 19.6 Å². The van der Waals surface area contributed by atoms with Gasteiger partial charge in [0.15, 0.2) is 0 Å². The van der Waals surface area contributed by atoms with Gasteiger partial charge >= 0.3 is 0 Å². The zero-order valence-electron chi connectivity index (χ0n) is 19.1. The SMILES string of the molecule is CC.CC.CCC.CCCC(C)(C)CNCCCCCCCCN. The van der Waals surface area contributed by atoms with Crippen LogP contribution >= 0.6 is 0 Å². The molecule has 3 N–H and O–H groups in total. The lowest BCUT2D eigenvalue weighted by atomic mass is 9.88. The van der Waals surface area contributed by atoms with E-state index in [2.05, 4.69) is 39.9 Å². The Bertz CT molecular complexity index is 167. The third-order valence-electron chi connectivity index (χ3n) is 3.34. The first-order chi connectivity index (χ1) is 11.5. The van der Waals surface area contributed by atoms with E-state index in [-0.39, 0.29) is 0 Å². The summed E-state index contributed by atoms with van der Waals surface area (Å²) in [5.41, 5.74) is 5.93. The topological polar surface area (TPSA) is 38.0 Å². The van der Waals surface area contributed by atoms with Gasteiger partial charge in [-0.25, -0.2) is 0 Å².